The average Bonchev–Trinajstić information content (AvgIpc) is 3.81. The van der Waals surface area contributed by atoms with Gasteiger partial charge < -0.3 is 0 Å². The molecular weight excluding hydrogens is 689 g/mol. The van der Waals surface area contributed by atoms with E-state index in [1.165, 1.54) is 26.6 Å². The zero-order chi connectivity index (χ0) is 28.3. The standard InChI is InChI=1S/C36H22S8/c1-3-37-29-15(1)5-17-9-23(39-31(17)29)25-11-19-7-21-13-27(43-35(21)33(19)41-25)28-14-22-8-20-12-26(42-34(20)36(22)44-28)24-10-18-6-16-2-4-38-30(16)32(18)40-24/h1-4,9-14,23,26,31,34H,5-8H2. The summed E-state index contributed by atoms with van der Waals surface area (Å²) in [6.07, 6.45) is 9.76. The lowest BCUT2D eigenvalue weighted by Crippen LogP contribution is -1.85. The fraction of sp³-hybridized carbons (Fsp3) is 0.222. The normalized spacial score (nSPS) is 24.5. The largest absolute Gasteiger partial charge is 0.147 e. The van der Waals surface area contributed by atoms with E-state index in [9.17, 15) is 0 Å². The van der Waals surface area contributed by atoms with Crippen LogP contribution in [0.25, 0.3) is 29.3 Å². The maximum Gasteiger partial charge on any atom is 0.0616 e. The Morgan fingerprint density at radius 1 is 0.477 bits per heavy atom. The van der Waals surface area contributed by atoms with Crippen LogP contribution in [-0.2, 0) is 25.7 Å². The monoisotopic (exact) mass is 710 g/mol. The van der Waals surface area contributed by atoms with E-state index in [1.54, 1.807) is 73.1 Å². The van der Waals surface area contributed by atoms with Crippen molar-refractivity contribution in [1.82, 2.24) is 0 Å². The van der Waals surface area contributed by atoms with Gasteiger partial charge in [-0.1, -0.05) is 23.3 Å². The molecule has 0 aromatic carbocycles. The quantitative estimate of drug-likeness (QED) is 0.167. The summed E-state index contributed by atoms with van der Waals surface area (Å²) in [6, 6.07) is 14.8. The summed E-state index contributed by atoms with van der Waals surface area (Å²) >= 11 is 16.5. The smallest absolute Gasteiger partial charge is 0.0616 e. The molecule has 0 saturated carbocycles. The molecule has 8 heteroatoms. The molecule has 0 radical (unpaired) electrons. The van der Waals surface area contributed by atoms with Crippen LogP contribution in [0.3, 0.4) is 0 Å². The first-order chi connectivity index (χ1) is 21.7. The van der Waals surface area contributed by atoms with Gasteiger partial charge in [-0.3, -0.25) is 0 Å². The van der Waals surface area contributed by atoms with Gasteiger partial charge in [0.25, 0.3) is 0 Å². The highest BCUT2D eigenvalue weighted by Gasteiger charge is 2.40. The molecule has 0 saturated heterocycles. The predicted octanol–water partition coefficient (Wildman–Crippen LogP) is 12.9. The predicted molar refractivity (Wildman–Crippen MR) is 198 cm³/mol. The Bertz CT molecular complexity index is 2280. The Morgan fingerprint density at radius 3 is 1.89 bits per heavy atom. The molecule has 0 amide bonds. The fourth-order valence-corrected chi connectivity index (χ4v) is 19.0. The van der Waals surface area contributed by atoms with Crippen LogP contribution in [0, 0.1) is 0 Å². The van der Waals surface area contributed by atoms with Gasteiger partial charge in [0.2, 0.25) is 0 Å². The van der Waals surface area contributed by atoms with Gasteiger partial charge in [-0.2, -0.15) is 0 Å². The molecule has 4 unspecified atom stereocenters. The number of thiophene rings is 6. The van der Waals surface area contributed by atoms with Gasteiger partial charge in [-0.05, 0) is 93.4 Å². The Labute approximate surface area is 288 Å². The zero-order valence-corrected chi connectivity index (χ0v) is 29.7. The maximum atomic E-state index is 2.61. The first-order valence-electron chi connectivity index (χ1n) is 15.1. The molecular formula is C36H22S8. The minimum absolute atomic E-state index is 0.519. The minimum Gasteiger partial charge on any atom is -0.147 e. The SMILES string of the molecule is C1=C2Cc3ccsc3C2SC1c1cc2c(s1)-c1sc(-c3cc4c(s3)C3SC(c5cc6c(s5)-c5sccc5C6)C=C3C4)cc1C2. The maximum absolute atomic E-state index is 2.61. The molecule has 6 aliphatic rings. The second-order valence-corrected chi connectivity index (χ2v) is 21.3. The molecule has 4 atom stereocenters. The summed E-state index contributed by atoms with van der Waals surface area (Å²) in [5.74, 6) is 0. The lowest BCUT2D eigenvalue weighted by molar-refractivity contribution is 1.15. The number of rotatable bonds is 3. The fourth-order valence-electron chi connectivity index (χ4n) is 8.05. The van der Waals surface area contributed by atoms with Crippen molar-refractivity contribution >= 4 is 91.5 Å². The summed E-state index contributed by atoms with van der Waals surface area (Å²) in [5.41, 5.74) is 12.7. The zero-order valence-electron chi connectivity index (χ0n) is 23.2. The lowest BCUT2D eigenvalue weighted by Gasteiger charge is -2.09. The van der Waals surface area contributed by atoms with E-state index >= 15 is 0 Å². The molecule has 2 aliphatic heterocycles. The van der Waals surface area contributed by atoms with E-state index in [2.05, 4.69) is 128 Å². The third kappa shape index (κ3) is 3.47. The third-order valence-electron chi connectivity index (χ3n) is 10.0. The molecule has 0 bridgehead atoms. The van der Waals surface area contributed by atoms with Crippen LogP contribution >= 0.6 is 91.5 Å². The minimum atomic E-state index is 0.519. The number of hydrogen-bond donors (Lipinski definition) is 0. The van der Waals surface area contributed by atoms with Gasteiger partial charge in [-0.25, -0.2) is 0 Å². The number of thioether (sulfide) groups is 2. The van der Waals surface area contributed by atoms with Gasteiger partial charge >= 0.3 is 0 Å². The highest BCUT2D eigenvalue weighted by atomic mass is 32.2. The van der Waals surface area contributed by atoms with E-state index < -0.39 is 0 Å². The third-order valence-corrected chi connectivity index (χ3v) is 21.1. The van der Waals surface area contributed by atoms with E-state index in [-0.39, 0.29) is 0 Å². The molecule has 44 heavy (non-hydrogen) atoms. The van der Waals surface area contributed by atoms with Crippen LogP contribution in [0.15, 0.2) is 70.5 Å². The Morgan fingerprint density at radius 2 is 1.07 bits per heavy atom. The van der Waals surface area contributed by atoms with E-state index in [4.69, 9.17) is 0 Å². The van der Waals surface area contributed by atoms with E-state index in [0.717, 1.165) is 19.3 Å². The molecule has 8 heterocycles. The van der Waals surface area contributed by atoms with Gasteiger partial charge in [-0.15, -0.1) is 91.5 Å². The summed E-state index contributed by atoms with van der Waals surface area (Å²) in [4.78, 5) is 15.5. The molecule has 12 rings (SSSR count). The van der Waals surface area contributed by atoms with E-state index in [0.29, 0.717) is 21.0 Å². The Kier molecular flexibility index (Phi) is 5.23. The summed E-state index contributed by atoms with van der Waals surface area (Å²) in [6.45, 7) is 0. The molecule has 6 aromatic heterocycles. The first kappa shape index (κ1) is 25.5. The summed E-state index contributed by atoms with van der Waals surface area (Å²) in [7, 11) is 0. The Balaban J connectivity index is 0.801. The topological polar surface area (TPSA) is 0 Å². The van der Waals surface area contributed by atoms with Crippen LogP contribution in [-0.4, -0.2) is 0 Å². The summed E-state index contributed by atoms with van der Waals surface area (Å²) < 4.78 is 0. The van der Waals surface area contributed by atoms with Gasteiger partial charge in [0, 0.05) is 61.6 Å². The molecule has 0 spiro atoms. The van der Waals surface area contributed by atoms with Crippen LogP contribution < -0.4 is 0 Å². The second-order valence-electron chi connectivity index (χ2n) is 12.6. The summed E-state index contributed by atoms with van der Waals surface area (Å²) in [5, 5.41) is 6.76. The molecule has 6 aromatic rings. The van der Waals surface area contributed by atoms with Gasteiger partial charge in [0.05, 0.1) is 21.0 Å². The molecule has 0 nitrogen and oxygen atoms in total. The van der Waals surface area contributed by atoms with Crippen LogP contribution in [0.1, 0.15) is 73.9 Å². The Hall–Kier alpha value is -1.62. The molecule has 214 valence electrons. The van der Waals surface area contributed by atoms with Crippen LogP contribution in [0.4, 0.5) is 0 Å². The lowest BCUT2D eigenvalue weighted by atomic mass is 10.1. The second kappa shape index (κ2) is 9.04. The highest BCUT2D eigenvalue weighted by molar-refractivity contribution is 8.01. The van der Waals surface area contributed by atoms with Crippen LogP contribution in [0.2, 0.25) is 0 Å². The average molecular weight is 711 g/mol. The van der Waals surface area contributed by atoms with Crippen molar-refractivity contribution in [3.63, 3.8) is 0 Å². The van der Waals surface area contributed by atoms with E-state index in [1.807, 2.05) is 22.7 Å². The van der Waals surface area contributed by atoms with Crippen molar-refractivity contribution < 1.29 is 0 Å². The van der Waals surface area contributed by atoms with Crippen LogP contribution in [0.5, 0.6) is 0 Å². The molecule has 0 fully saturated rings. The van der Waals surface area contributed by atoms with Gasteiger partial charge in [0.1, 0.15) is 0 Å². The highest BCUT2D eigenvalue weighted by Crippen LogP contribution is 2.63. The van der Waals surface area contributed by atoms with Gasteiger partial charge in [0.15, 0.2) is 0 Å². The van der Waals surface area contributed by atoms with Crippen molar-refractivity contribution in [2.75, 3.05) is 0 Å². The molecule has 0 N–H and O–H groups in total. The number of fused-ring (bicyclic) bond motifs is 12. The first-order valence-corrected chi connectivity index (χ1v) is 22.0. The number of hydrogen-bond acceptors (Lipinski definition) is 8. The van der Waals surface area contributed by atoms with Crippen molar-refractivity contribution in [2.24, 2.45) is 0 Å². The molecule has 4 aliphatic carbocycles. The van der Waals surface area contributed by atoms with Crippen molar-refractivity contribution in [3.05, 3.63) is 123 Å². The van der Waals surface area contributed by atoms with Crippen molar-refractivity contribution in [1.29, 1.82) is 0 Å². The van der Waals surface area contributed by atoms with Crippen molar-refractivity contribution in [2.45, 2.75) is 46.7 Å². The van der Waals surface area contributed by atoms with Crippen molar-refractivity contribution in [3.8, 4) is 29.3 Å².